The van der Waals surface area contributed by atoms with E-state index in [0.717, 1.165) is 22.2 Å². The van der Waals surface area contributed by atoms with E-state index in [1.165, 1.54) is 0 Å². The van der Waals surface area contributed by atoms with Crippen molar-refractivity contribution in [2.75, 3.05) is 43.8 Å². The lowest BCUT2D eigenvalue weighted by atomic mass is 9.86. The minimum Gasteiger partial charge on any atom is -0.492 e. The van der Waals surface area contributed by atoms with Crippen LogP contribution >= 0.6 is 0 Å². The highest BCUT2D eigenvalue weighted by molar-refractivity contribution is 6.08. The Bertz CT molecular complexity index is 1450. The Kier molecular flexibility index (Phi) is 6.98. The summed E-state index contributed by atoms with van der Waals surface area (Å²) < 4.78 is 13.7. The second-order valence-electron chi connectivity index (χ2n) is 10.0. The van der Waals surface area contributed by atoms with Crippen LogP contribution < -0.4 is 25.0 Å². The molecule has 4 rings (SSSR count). The predicted molar refractivity (Wildman–Crippen MR) is 149 cm³/mol. The highest BCUT2D eigenvalue weighted by Gasteiger charge is 2.23. The topological polar surface area (TPSA) is 93.5 Å². The minimum absolute atomic E-state index is 0.115. The van der Waals surface area contributed by atoms with Crippen LogP contribution in [0.1, 0.15) is 36.8 Å². The summed E-state index contributed by atoms with van der Waals surface area (Å²) in [7, 11) is 9.12. The van der Waals surface area contributed by atoms with Gasteiger partial charge in [0.2, 0.25) is 11.8 Å². The molecular formula is C28H34N6O3. The number of fused-ring (bicyclic) bond motifs is 1. The van der Waals surface area contributed by atoms with E-state index in [0.29, 0.717) is 34.7 Å². The first-order valence-corrected chi connectivity index (χ1v) is 12.0. The number of carbonyl (C=O) groups is 1. The first-order valence-electron chi connectivity index (χ1n) is 12.0. The third-order valence-corrected chi connectivity index (χ3v) is 6.19. The first-order chi connectivity index (χ1) is 17.5. The van der Waals surface area contributed by atoms with Gasteiger partial charge in [0.05, 0.1) is 24.0 Å². The molecule has 0 aliphatic carbocycles. The molecule has 2 N–H and O–H groups in total. The Labute approximate surface area is 217 Å². The number of aryl methyl sites for hydroxylation is 1. The number of para-hydroxylation sites is 1. The lowest BCUT2D eigenvalue weighted by molar-refractivity contribution is 0.101. The number of carbonyl (C=O) groups excluding carboxylic acids is 1. The van der Waals surface area contributed by atoms with E-state index in [4.69, 9.17) is 9.47 Å². The fourth-order valence-corrected chi connectivity index (χ4v) is 4.18. The van der Waals surface area contributed by atoms with Gasteiger partial charge in [-0.3, -0.25) is 4.79 Å². The zero-order valence-corrected chi connectivity index (χ0v) is 22.6. The monoisotopic (exact) mass is 502 g/mol. The van der Waals surface area contributed by atoms with Crippen molar-refractivity contribution in [3.8, 4) is 17.4 Å². The van der Waals surface area contributed by atoms with E-state index < -0.39 is 0 Å². The van der Waals surface area contributed by atoms with Crippen LogP contribution in [0.3, 0.4) is 0 Å². The molecule has 194 valence electrons. The van der Waals surface area contributed by atoms with E-state index in [-0.39, 0.29) is 11.3 Å². The molecule has 1 amide bonds. The van der Waals surface area contributed by atoms with E-state index in [1.807, 2.05) is 60.9 Å². The molecule has 0 bridgehead atoms. The van der Waals surface area contributed by atoms with Crippen molar-refractivity contribution >= 4 is 34.1 Å². The molecule has 2 heterocycles. The summed E-state index contributed by atoms with van der Waals surface area (Å²) in [6.07, 6.45) is 1.62. The summed E-state index contributed by atoms with van der Waals surface area (Å²) in [5.41, 5.74) is 3.75. The molecule has 0 aliphatic heterocycles. The number of ether oxygens (including phenoxy) is 2. The van der Waals surface area contributed by atoms with Gasteiger partial charge in [-0.25, -0.2) is 4.98 Å². The smallest absolute Gasteiger partial charge is 0.272 e. The van der Waals surface area contributed by atoms with Gasteiger partial charge in [0.25, 0.3) is 5.91 Å². The summed E-state index contributed by atoms with van der Waals surface area (Å²) in [6, 6.07) is 13.3. The van der Waals surface area contributed by atoms with Crippen molar-refractivity contribution in [1.82, 2.24) is 14.5 Å². The van der Waals surface area contributed by atoms with Gasteiger partial charge in [0.15, 0.2) is 11.5 Å². The van der Waals surface area contributed by atoms with Crippen LogP contribution in [0.2, 0.25) is 0 Å². The van der Waals surface area contributed by atoms with E-state index in [2.05, 4.69) is 47.4 Å². The van der Waals surface area contributed by atoms with Crippen molar-refractivity contribution < 1.29 is 14.3 Å². The maximum absolute atomic E-state index is 13.6. The van der Waals surface area contributed by atoms with Gasteiger partial charge < -0.3 is 29.6 Å². The van der Waals surface area contributed by atoms with Gasteiger partial charge in [-0.2, -0.15) is 4.98 Å². The number of rotatable bonds is 7. The van der Waals surface area contributed by atoms with E-state index in [9.17, 15) is 4.79 Å². The summed E-state index contributed by atoms with van der Waals surface area (Å²) in [5, 5.41) is 6.87. The minimum atomic E-state index is -0.252. The highest BCUT2D eigenvalue weighted by atomic mass is 16.5. The summed E-state index contributed by atoms with van der Waals surface area (Å²) in [4.78, 5) is 24.0. The lowest BCUT2D eigenvalue weighted by Gasteiger charge is -2.26. The molecule has 0 aliphatic rings. The third kappa shape index (κ3) is 5.16. The number of nitrogens with one attached hydrogen (secondary N) is 2. The fourth-order valence-electron chi connectivity index (χ4n) is 4.18. The average Bonchev–Trinajstić information content (AvgIpc) is 3.20. The van der Waals surface area contributed by atoms with Crippen molar-refractivity contribution in [3.05, 3.63) is 59.9 Å². The largest absolute Gasteiger partial charge is 0.492 e. The van der Waals surface area contributed by atoms with Crippen LogP contribution in [0.15, 0.2) is 48.7 Å². The number of benzene rings is 2. The standard InChI is InChI=1S/C28H34N6O3/c1-28(2,3)18-15-19(25(36-8)20(16-18)33(5)6)31-26(35)21-14-17-10-9-11-22(24(17)34(21)7)37-23-12-13-30-27(29-4)32-23/h9-16H,1-8H3,(H,31,35)(H,29,30,32). The molecule has 9 heteroatoms. The van der Waals surface area contributed by atoms with Crippen LogP contribution in [-0.2, 0) is 12.5 Å². The van der Waals surface area contributed by atoms with Gasteiger partial charge in [-0.1, -0.05) is 32.9 Å². The SMILES string of the molecule is CNc1nccc(Oc2cccc3cc(C(=O)Nc4cc(C(C)(C)C)cc(N(C)C)c4OC)n(C)c23)n1. The molecule has 37 heavy (non-hydrogen) atoms. The summed E-state index contributed by atoms with van der Waals surface area (Å²) in [6.45, 7) is 6.42. The van der Waals surface area contributed by atoms with Gasteiger partial charge in [-0.05, 0) is 35.2 Å². The van der Waals surface area contributed by atoms with Crippen LogP contribution in [0.25, 0.3) is 10.9 Å². The van der Waals surface area contributed by atoms with Gasteiger partial charge in [-0.15, -0.1) is 0 Å². The summed E-state index contributed by atoms with van der Waals surface area (Å²) >= 11 is 0. The molecule has 4 aromatic rings. The average molecular weight is 503 g/mol. The number of hydrogen-bond acceptors (Lipinski definition) is 7. The Morgan fingerprint density at radius 1 is 1.11 bits per heavy atom. The second-order valence-corrected chi connectivity index (χ2v) is 10.0. The summed E-state index contributed by atoms with van der Waals surface area (Å²) in [5.74, 6) is 1.80. The lowest BCUT2D eigenvalue weighted by Crippen LogP contribution is -2.20. The maximum Gasteiger partial charge on any atom is 0.272 e. The van der Waals surface area contributed by atoms with Crippen LogP contribution in [0.5, 0.6) is 17.4 Å². The Morgan fingerprint density at radius 3 is 2.51 bits per heavy atom. The quantitative estimate of drug-likeness (QED) is 0.348. The highest BCUT2D eigenvalue weighted by Crippen LogP contribution is 2.40. The van der Waals surface area contributed by atoms with Crippen molar-refractivity contribution in [2.24, 2.45) is 7.05 Å². The van der Waals surface area contributed by atoms with E-state index in [1.54, 1.807) is 26.4 Å². The normalized spacial score (nSPS) is 11.4. The van der Waals surface area contributed by atoms with E-state index >= 15 is 0 Å². The number of anilines is 3. The van der Waals surface area contributed by atoms with Crippen LogP contribution in [0, 0.1) is 0 Å². The Morgan fingerprint density at radius 2 is 1.86 bits per heavy atom. The van der Waals surface area contributed by atoms with Crippen molar-refractivity contribution in [1.29, 1.82) is 0 Å². The Balaban J connectivity index is 1.74. The van der Waals surface area contributed by atoms with Crippen molar-refractivity contribution in [3.63, 3.8) is 0 Å². The van der Waals surface area contributed by atoms with Crippen molar-refractivity contribution in [2.45, 2.75) is 26.2 Å². The van der Waals surface area contributed by atoms with Crippen LogP contribution in [-0.4, -0.2) is 48.7 Å². The first kappa shape index (κ1) is 25.8. The van der Waals surface area contributed by atoms with Gasteiger partial charge in [0, 0.05) is 45.8 Å². The molecular weight excluding hydrogens is 468 g/mol. The molecule has 0 atom stereocenters. The molecule has 2 aromatic heterocycles. The molecule has 0 saturated heterocycles. The molecule has 9 nitrogen and oxygen atoms in total. The molecule has 0 fully saturated rings. The predicted octanol–water partition coefficient (Wildman–Crippen LogP) is 5.43. The molecule has 0 unspecified atom stereocenters. The zero-order valence-electron chi connectivity index (χ0n) is 22.6. The molecule has 0 spiro atoms. The Hall–Kier alpha value is -4.27. The molecule has 2 aromatic carbocycles. The van der Waals surface area contributed by atoms with Crippen LogP contribution in [0.4, 0.5) is 17.3 Å². The zero-order chi connectivity index (χ0) is 26.9. The number of aromatic nitrogens is 3. The number of amides is 1. The third-order valence-electron chi connectivity index (χ3n) is 6.19. The fraction of sp³-hybridized carbons (Fsp3) is 0.321. The van der Waals surface area contributed by atoms with Gasteiger partial charge in [0.1, 0.15) is 5.69 Å². The number of nitrogens with zero attached hydrogens (tertiary/aromatic N) is 4. The number of methoxy groups -OCH3 is 1. The molecule has 0 saturated carbocycles. The number of hydrogen-bond donors (Lipinski definition) is 2. The second kappa shape index (κ2) is 10.0. The molecule has 0 radical (unpaired) electrons. The maximum atomic E-state index is 13.6. The van der Waals surface area contributed by atoms with Gasteiger partial charge >= 0.3 is 0 Å².